The maximum Gasteiger partial charge on any atom is 0.318 e. The van der Waals surface area contributed by atoms with Crippen LogP contribution in [0.4, 0.5) is 0 Å². The summed E-state index contributed by atoms with van der Waals surface area (Å²) in [6.07, 6.45) is 0.746. The van der Waals surface area contributed by atoms with Crippen molar-refractivity contribution in [2.75, 3.05) is 52.5 Å². The molecule has 3 amide bonds. The maximum atomic E-state index is 11.8. The molecule has 1 saturated heterocycles. The molecule has 21 heavy (non-hydrogen) atoms. The van der Waals surface area contributed by atoms with Gasteiger partial charge in [-0.3, -0.25) is 24.2 Å². The van der Waals surface area contributed by atoms with Gasteiger partial charge in [0.2, 0.25) is 5.91 Å². The van der Waals surface area contributed by atoms with Crippen LogP contribution in [0.2, 0.25) is 0 Å². The molecular weight excluding hydrogens is 276 g/mol. The van der Waals surface area contributed by atoms with Crippen LogP contribution in [0.15, 0.2) is 0 Å². The van der Waals surface area contributed by atoms with Crippen LogP contribution in [-0.4, -0.2) is 80.0 Å². The van der Waals surface area contributed by atoms with Crippen molar-refractivity contribution in [3.05, 3.63) is 0 Å². The first-order valence-corrected chi connectivity index (χ1v) is 7.16. The number of ether oxygens (including phenoxy) is 1. The standard InChI is InChI=1S/C13H24N4O4/c1-11(18)17(6-3-14)13(20)12(19)15-4-2-5-16-7-9-21-10-8-16/h2-10,14H2,1H3,(H,15,19). The average Bonchev–Trinajstić information content (AvgIpc) is 2.49. The highest BCUT2D eigenvalue weighted by Gasteiger charge is 2.24. The van der Waals surface area contributed by atoms with Crippen molar-refractivity contribution in [1.82, 2.24) is 15.1 Å². The highest BCUT2D eigenvalue weighted by molar-refractivity contribution is 6.37. The lowest BCUT2D eigenvalue weighted by molar-refractivity contribution is -0.151. The van der Waals surface area contributed by atoms with Gasteiger partial charge in [-0.1, -0.05) is 0 Å². The van der Waals surface area contributed by atoms with Crippen molar-refractivity contribution in [3.8, 4) is 0 Å². The number of nitrogens with two attached hydrogens (primary N) is 1. The summed E-state index contributed by atoms with van der Waals surface area (Å²) in [6, 6.07) is 0. The SMILES string of the molecule is CC(=O)N(CCN)C(=O)C(=O)NCCCN1CCOCC1. The van der Waals surface area contributed by atoms with E-state index in [-0.39, 0.29) is 13.1 Å². The van der Waals surface area contributed by atoms with E-state index in [4.69, 9.17) is 10.5 Å². The zero-order chi connectivity index (χ0) is 15.7. The smallest absolute Gasteiger partial charge is 0.318 e. The van der Waals surface area contributed by atoms with Crippen LogP contribution in [0.5, 0.6) is 0 Å². The van der Waals surface area contributed by atoms with Crippen molar-refractivity contribution in [1.29, 1.82) is 0 Å². The molecule has 0 aromatic heterocycles. The highest BCUT2D eigenvalue weighted by Crippen LogP contribution is 1.97. The summed E-state index contributed by atoms with van der Waals surface area (Å²) in [4.78, 5) is 37.8. The molecule has 0 radical (unpaired) electrons. The number of rotatable bonds is 6. The van der Waals surface area contributed by atoms with Gasteiger partial charge in [0.25, 0.3) is 0 Å². The molecule has 0 bridgehead atoms. The monoisotopic (exact) mass is 300 g/mol. The Morgan fingerprint density at radius 1 is 1.29 bits per heavy atom. The van der Waals surface area contributed by atoms with Gasteiger partial charge in [-0.05, 0) is 13.0 Å². The third-order valence-corrected chi connectivity index (χ3v) is 3.21. The summed E-state index contributed by atoms with van der Waals surface area (Å²) < 4.78 is 5.24. The molecule has 1 heterocycles. The summed E-state index contributed by atoms with van der Waals surface area (Å²) in [7, 11) is 0. The van der Waals surface area contributed by atoms with Crippen LogP contribution in [0.25, 0.3) is 0 Å². The van der Waals surface area contributed by atoms with Gasteiger partial charge in [0.1, 0.15) is 0 Å². The second-order valence-corrected chi connectivity index (χ2v) is 4.83. The molecule has 8 nitrogen and oxygen atoms in total. The molecule has 0 aliphatic carbocycles. The Balaban J connectivity index is 2.25. The molecular formula is C13H24N4O4. The van der Waals surface area contributed by atoms with E-state index < -0.39 is 17.7 Å². The van der Waals surface area contributed by atoms with Gasteiger partial charge in [0.05, 0.1) is 13.2 Å². The molecule has 0 saturated carbocycles. The number of nitrogens with zero attached hydrogens (tertiary/aromatic N) is 2. The predicted molar refractivity (Wildman–Crippen MR) is 76.3 cm³/mol. The van der Waals surface area contributed by atoms with E-state index in [1.807, 2.05) is 0 Å². The van der Waals surface area contributed by atoms with Crippen molar-refractivity contribution >= 4 is 17.7 Å². The van der Waals surface area contributed by atoms with E-state index in [1.165, 1.54) is 6.92 Å². The number of hydrogen-bond acceptors (Lipinski definition) is 6. The van der Waals surface area contributed by atoms with Gasteiger partial charge in [-0.15, -0.1) is 0 Å². The first-order chi connectivity index (χ1) is 10.1. The van der Waals surface area contributed by atoms with Crippen LogP contribution in [0, 0.1) is 0 Å². The summed E-state index contributed by atoms with van der Waals surface area (Å²) in [5.41, 5.74) is 5.32. The molecule has 0 unspecified atom stereocenters. The number of nitrogens with one attached hydrogen (secondary N) is 1. The van der Waals surface area contributed by atoms with Gasteiger partial charge < -0.3 is 15.8 Å². The van der Waals surface area contributed by atoms with Gasteiger partial charge >= 0.3 is 11.8 Å². The average molecular weight is 300 g/mol. The van der Waals surface area contributed by atoms with E-state index in [0.717, 1.165) is 44.2 Å². The van der Waals surface area contributed by atoms with Gasteiger partial charge in [-0.2, -0.15) is 0 Å². The minimum Gasteiger partial charge on any atom is -0.379 e. The third kappa shape index (κ3) is 6.19. The molecule has 1 aliphatic rings. The minimum absolute atomic E-state index is 0.0510. The van der Waals surface area contributed by atoms with E-state index in [1.54, 1.807) is 0 Å². The highest BCUT2D eigenvalue weighted by atomic mass is 16.5. The minimum atomic E-state index is -0.848. The second-order valence-electron chi connectivity index (χ2n) is 4.83. The number of hydrogen-bond donors (Lipinski definition) is 2. The van der Waals surface area contributed by atoms with Gasteiger partial charge in [-0.25, -0.2) is 0 Å². The number of carbonyl (C=O) groups is 3. The summed E-state index contributed by atoms with van der Waals surface area (Å²) in [5.74, 6) is -2.09. The first kappa shape index (κ1) is 17.5. The Hall–Kier alpha value is -1.51. The Bertz CT molecular complexity index is 369. The Morgan fingerprint density at radius 2 is 1.95 bits per heavy atom. The lowest BCUT2D eigenvalue weighted by Gasteiger charge is -2.26. The van der Waals surface area contributed by atoms with Crippen molar-refractivity contribution in [2.24, 2.45) is 5.73 Å². The van der Waals surface area contributed by atoms with Gasteiger partial charge in [0, 0.05) is 39.6 Å². The Morgan fingerprint density at radius 3 is 2.52 bits per heavy atom. The fraction of sp³-hybridized carbons (Fsp3) is 0.769. The molecule has 1 rings (SSSR count). The number of amides is 3. The molecule has 1 fully saturated rings. The molecule has 0 aromatic carbocycles. The van der Waals surface area contributed by atoms with Gasteiger partial charge in [0.15, 0.2) is 0 Å². The molecule has 0 aromatic rings. The van der Waals surface area contributed by atoms with Crippen molar-refractivity contribution in [2.45, 2.75) is 13.3 Å². The van der Waals surface area contributed by atoms with Crippen LogP contribution in [0.3, 0.4) is 0 Å². The normalized spacial score (nSPS) is 15.5. The van der Waals surface area contributed by atoms with E-state index in [2.05, 4.69) is 10.2 Å². The largest absolute Gasteiger partial charge is 0.379 e. The van der Waals surface area contributed by atoms with E-state index in [0.29, 0.717) is 6.54 Å². The number of carbonyl (C=O) groups excluding carboxylic acids is 3. The molecule has 3 N–H and O–H groups in total. The van der Waals surface area contributed by atoms with Crippen LogP contribution >= 0.6 is 0 Å². The zero-order valence-electron chi connectivity index (χ0n) is 12.5. The Kier molecular flexibility index (Phi) is 7.88. The molecule has 0 atom stereocenters. The summed E-state index contributed by atoms with van der Waals surface area (Å²) in [5, 5.41) is 2.53. The topological polar surface area (TPSA) is 105 Å². The summed E-state index contributed by atoms with van der Waals surface area (Å²) >= 11 is 0. The maximum absolute atomic E-state index is 11.8. The van der Waals surface area contributed by atoms with Crippen LogP contribution in [-0.2, 0) is 19.1 Å². The predicted octanol–water partition coefficient (Wildman–Crippen LogP) is -1.84. The lowest BCUT2D eigenvalue weighted by atomic mass is 10.3. The number of morpholine rings is 1. The second kappa shape index (κ2) is 9.43. The fourth-order valence-electron chi connectivity index (χ4n) is 2.06. The third-order valence-electron chi connectivity index (χ3n) is 3.21. The summed E-state index contributed by atoms with van der Waals surface area (Å²) in [6.45, 7) is 5.91. The first-order valence-electron chi connectivity index (χ1n) is 7.16. The van der Waals surface area contributed by atoms with Crippen LogP contribution in [0.1, 0.15) is 13.3 Å². The quantitative estimate of drug-likeness (QED) is 0.441. The van der Waals surface area contributed by atoms with Crippen LogP contribution < -0.4 is 11.1 Å². The molecule has 1 aliphatic heterocycles. The van der Waals surface area contributed by atoms with E-state index in [9.17, 15) is 14.4 Å². The fourth-order valence-corrected chi connectivity index (χ4v) is 2.06. The van der Waals surface area contributed by atoms with Crippen molar-refractivity contribution in [3.63, 3.8) is 0 Å². The molecule has 8 heteroatoms. The van der Waals surface area contributed by atoms with Crippen molar-refractivity contribution < 1.29 is 19.1 Å². The van der Waals surface area contributed by atoms with E-state index >= 15 is 0 Å². The Labute approximate surface area is 124 Å². The number of imide groups is 1. The molecule has 0 spiro atoms. The zero-order valence-corrected chi connectivity index (χ0v) is 12.5. The molecule has 120 valence electrons. The lowest BCUT2D eigenvalue weighted by Crippen LogP contribution is -2.47.